The summed E-state index contributed by atoms with van der Waals surface area (Å²) in [6.45, 7) is 0.408. The first-order valence-electron chi connectivity index (χ1n) is 8.07. The van der Waals surface area contributed by atoms with Crippen molar-refractivity contribution in [1.82, 2.24) is 15.6 Å². The number of hydrogen-bond acceptors (Lipinski definition) is 2. The first-order valence-corrected chi connectivity index (χ1v) is 8.07. The van der Waals surface area contributed by atoms with Crippen LogP contribution in [-0.4, -0.2) is 22.2 Å². The van der Waals surface area contributed by atoms with Gasteiger partial charge in [-0.25, -0.2) is 4.79 Å². The van der Waals surface area contributed by atoms with Crippen LogP contribution in [0, 0.1) is 0 Å². The first kappa shape index (κ1) is 14.8. The van der Waals surface area contributed by atoms with E-state index in [0.29, 0.717) is 13.0 Å². The molecule has 1 heterocycles. The summed E-state index contributed by atoms with van der Waals surface area (Å²) < 4.78 is 0. The number of carbonyl (C=O) groups is 1. The molecule has 4 rings (SSSR count). The zero-order valence-corrected chi connectivity index (χ0v) is 13.1. The molecule has 5 nitrogen and oxygen atoms in total. The van der Waals surface area contributed by atoms with Crippen molar-refractivity contribution in [2.45, 2.75) is 25.1 Å². The van der Waals surface area contributed by atoms with E-state index in [-0.39, 0.29) is 12.1 Å². The Labute approximate surface area is 139 Å². The van der Waals surface area contributed by atoms with Crippen LogP contribution >= 0.6 is 0 Å². The summed E-state index contributed by atoms with van der Waals surface area (Å²) in [7, 11) is 0. The Kier molecular flexibility index (Phi) is 3.70. The standard InChI is InChI=1S/C19H19N3O2/c23-17-10-12-5-1-3-7-15(12)18(17)22-19(24)20-11-14-9-13-6-2-4-8-16(13)21-14/h1-9,17-18,21,23H,10-11H2,(H2,20,22,24)/t17-,18+/m0/s1. The summed E-state index contributed by atoms with van der Waals surface area (Å²) in [5.74, 6) is 0. The second kappa shape index (κ2) is 6.02. The van der Waals surface area contributed by atoms with Crippen LogP contribution in [0.2, 0.25) is 0 Å². The molecule has 0 bridgehead atoms. The minimum Gasteiger partial charge on any atom is -0.390 e. The molecule has 0 spiro atoms. The molecule has 0 unspecified atom stereocenters. The molecular weight excluding hydrogens is 302 g/mol. The van der Waals surface area contributed by atoms with Gasteiger partial charge in [0.1, 0.15) is 0 Å². The van der Waals surface area contributed by atoms with Crippen molar-refractivity contribution in [3.05, 3.63) is 71.4 Å². The second-order valence-corrected chi connectivity index (χ2v) is 6.16. The molecule has 0 radical (unpaired) electrons. The Hall–Kier alpha value is -2.79. The summed E-state index contributed by atoms with van der Waals surface area (Å²) in [6, 6.07) is 17.2. The predicted molar refractivity (Wildman–Crippen MR) is 92.6 cm³/mol. The van der Waals surface area contributed by atoms with Gasteiger partial charge in [-0.1, -0.05) is 42.5 Å². The van der Waals surface area contributed by atoms with Crippen molar-refractivity contribution in [2.24, 2.45) is 0 Å². The number of aliphatic hydroxyl groups excluding tert-OH is 1. The fourth-order valence-corrected chi connectivity index (χ4v) is 3.34. The molecule has 2 atom stereocenters. The quantitative estimate of drug-likeness (QED) is 0.598. The number of para-hydroxylation sites is 1. The number of H-pyrrole nitrogens is 1. The largest absolute Gasteiger partial charge is 0.390 e. The van der Waals surface area contributed by atoms with E-state index in [2.05, 4.69) is 15.6 Å². The number of rotatable bonds is 3. The third-order valence-corrected chi connectivity index (χ3v) is 4.52. The van der Waals surface area contributed by atoms with Crippen molar-refractivity contribution < 1.29 is 9.90 Å². The number of urea groups is 1. The molecule has 1 aliphatic rings. The van der Waals surface area contributed by atoms with E-state index in [1.807, 2.05) is 54.6 Å². The van der Waals surface area contributed by atoms with Gasteiger partial charge < -0.3 is 20.7 Å². The maximum atomic E-state index is 12.2. The number of carbonyl (C=O) groups excluding carboxylic acids is 1. The average molecular weight is 321 g/mol. The van der Waals surface area contributed by atoms with Crippen LogP contribution in [-0.2, 0) is 13.0 Å². The van der Waals surface area contributed by atoms with Gasteiger partial charge in [-0.05, 0) is 28.6 Å². The second-order valence-electron chi connectivity index (χ2n) is 6.16. The topological polar surface area (TPSA) is 77.2 Å². The summed E-state index contributed by atoms with van der Waals surface area (Å²) in [5, 5.41) is 17.0. The third-order valence-electron chi connectivity index (χ3n) is 4.52. The van der Waals surface area contributed by atoms with E-state index in [1.165, 1.54) is 0 Å². The van der Waals surface area contributed by atoms with Crippen molar-refractivity contribution in [1.29, 1.82) is 0 Å². The van der Waals surface area contributed by atoms with Crippen LogP contribution in [0.15, 0.2) is 54.6 Å². The number of amides is 2. The van der Waals surface area contributed by atoms with Gasteiger partial charge in [0.05, 0.1) is 18.7 Å². The maximum Gasteiger partial charge on any atom is 0.315 e. The zero-order valence-electron chi connectivity index (χ0n) is 13.1. The molecule has 0 fully saturated rings. The van der Waals surface area contributed by atoms with Crippen molar-refractivity contribution in [3.8, 4) is 0 Å². The smallest absolute Gasteiger partial charge is 0.315 e. The van der Waals surface area contributed by atoms with Crippen LogP contribution in [0.3, 0.4) is 0 Å². The Morgan fingerprint density at radius 3 is 2.83 bits per heavy atom. The Morgan fingerprint density at radius 1 is 1.17 bits per heavy atom. The van der Waals surface area contributed by atoms with E-state index in [9.17, 15) is 9.90 Å². The van der Waals surface area contributed by atoms with E-state index in [1.54, 1.807) is 0 Å². The molecule has 1 aliphatic carbocycles. The van der Waals surface area contributed by atoms with E-state index >= 15 is 0 Å². The van der Waals surface area contributed by atoms with Crippen molar-refractivity contribution >= 4 is 16.9 Å². The van der Waals surface area contributed by atoms with Gasteiger partial charge in [0.2, 0.25) is 0 Å². The number of hydrogen-bond donors (Lipinski definition) is 4. The van der Waals surface area contributed by atoms with Crippen molar-refractivity contribution in [2.75, 3.05) is 0 Å². The predicted octanol–water partition coefficient (Wildman–Crippen LogP) is 2.63. The minimum absolute atomic E-state index is 0.283. The summed E-state index contributed by atoms with van der Waals surface area (Å²) in [5.41, 5.74) is 4.07. The fraction of sp³-hybridized carbons (Fsp3) is 0.211. The highest BCUT2D eigenvalue weighted by molar-refractivity contribution is 5.80. The van der Waals surface area contributed by atoms with Crippen LogP contribution < -0.4 is 10.6 Å². The van der Waals surface area contributed by atoms with Crippen LogP contribution in [0.25, 0.3) is 10.9 Å². The fourth-order valence-electron chi connectivity index (χ4n) is 3.34. The summed E-state index contributed by atoms with van der Waals surface area (Å²) in [4.78, 5) is 15.5. The minimum atomic E-state index is -0.582. The van der Waals surface area contributed by atoms with Crippen LogP contribution in [0.4, 0.5) is 4.79 Å². The molecule has 2 amide bonds. The van der Waals surface area contributed by atoms with E-state index in [4.69, 9.17) is 0 Å². The van der Waals surface area contributed by atoms with Gasteiger partial charge in [0.15, 0.2) is 0 Å². The lowest BCUT2D eigenvalue weighted by molar-refractivity contribution is 0.142. The monoisotopic (exact) mass is 321 g/mol. The third kappa shape index (κ3) is 2.74. The highest BCUT2D eigenvalue weighted by atomic mass is 16.3. The molecule has 122 valence electrons. The lowest BCUT2D eigenvalue weighted by Gasteiger charge is -2.18. The first-order chi connectivity index (χ1) is 11.7. The average Bonchev–Trinajstić information content (AvgIpc) is 3.14. The molecule has 2 aromatic carbocycles. The Balaban J connectivity index is 1.40. The molecule has 3 aromatic rings. The zero-order chi connectivity index (χ0) is 16.5. The van der Waals surface area contributed by atoms with Gasteiger partial charge in [-0.15, -0.1) is 0 Å². The molecule has 0 saturated carbocycles. The number of fused-ring (bicyclic) bond motifs is 2. The summed E-state index contributed by atoms with van der Waals surface area (Å²) in [6.07, 6.45) is -0.00964. The van der Waals surface area contributed by atoms with E-state index < -0.39 is 6.10 Å². The molecule has 0 aliphatic heterocycles. The van der Waals surface area contributed by atoms with Crippen LogP contribution in [0.5, 0.6) is 0 Å². The van der Waals surface area contributed by atoms with E-state index in [0.717, 1.165) is 27.7 Å². The highest BCUT2D eigenvalue weighted by Crippen LogP contribution is 2.31. The van der Waals surface area contributed by atoms with Crippen LogP contribution in [0.1, 0.15) is 22.9 Å². The SMILES string of the molecule is O=C(NCc1cc2ccccc2[nH]1)N[C@@H]1c2ccccc2C[C@@H]1O. The van der Waals surface area contributed by atoms with Gasteiger partial charge in [-0.3, -0.25) is 0 Å². The Morgan fingerprint density at radius 2 is 1.96 bits per heavy atom. The number of benzene rings is 2. The van der Waals surface area contributed by atoms with Gasteiger partial charge in [-0.2, -0.15) is 0 Å². The Bertz CT molecular complexity index is 854. The van der Waals surface area contributed by atoms with Gasteiger partial charge in [0, 0.05) is 17.6 Å². The summed E-state index contributed by atoms with van der Waals surface area (Å²) >= 11 is 0. The lowest BCUT2D eigenvalue weighted by Crippen LogP contribution is -2.40. The number of aromatic amines is 1. The molecule has 24 heavy (non-hydrogen) atoms. The van der Waals surface area contributed by atoms with Gasteiger partial charge in [0.25, 0.3) is 0 Å². The molecule has 4 N–H and O–H groups in total. The maximum absolute atomic E-state index is 12.2. The lowest BCUT2D eigenvalue weighted by atomic mass is 10.1. The molecule has 5 heteroatoms. The molecule has 0 saturated heterocycles. The van der Waals surface area contributed by atoms with Crippen molar-refractivity contribution in [3.63, 3.8) is 0 Å². The normalized spacial score (nSPS) is 19.2. The molecule has 1 aromatic heterocycles. The molecular formula is C19H19N3O2. The van der Waals surface area contributed by atoms with Gasteiger partial charge >= 0.3 is 6.03 Å². The highest BCUT2D eigenvalue weighted by Gasteiger charge is 2.31. The number of nitrogens with one attached hydrogen (secondary N) is 3. The number of aromatic nitrogens is 1. The number of aliphatic hydroxyl groups is 1.